The fraction of sp³-hybridized carbons (Fsp3) is 0.471. The molecule has 0 N–H and O–H groups in total. The minimum atomic E-state index is 0.248. The molecule has 6 nitrogen and oxygen atoms in total. The van der Waals surface area contributed by atoms with E-state index in [0.29, 0.717) is 0 Å². The van der Waals surface area contributed by atoms with Crippen molar-refractivity contribution in [3.05, 3.63) is 35.9 Å². The van der Waals surface area contributed by atoms with Crippen LogP contribution in [0.2, 0.25) is 0 Å². The molecule has 1 fully saturated rings. The van der Waals surface area contributed by atoms with Crippen LogP contribution in [-0.2, 0) is 11.3 Å². The molecule has 23 heavy (non-hydrogen) atoms. The Morgan fingerprint density at radius 1 is 1.13 bits per heavy atom. The second kappa shape index (κ2) is 5.54. The molecular weight excluding hydrogens is 290 g/mol. The van der Waals surface area contributed by atoms with Crippen molar-refractivity contribution >= 4 is 16.6 Å². The van der Waals surface area contributed by atoms with E-state index in [-0.39, 0.29) is 12.2 Å². The lowest BCUT2D eigenvalue weighted by molar-refractivity contribution is -0.0711. The van der Waals surface area contributed by atoms with Crippen molar-refractivity contribution in [2.45, 2.75) is 39.5 Å². The maximum atomic E-state index is 5.81. The van der Waals surface area contributed by atoms with Crippen LogP contribution in [0.4, 0.5) is 0 Å². The van der Waals surface area contributed by atoms with Crippen LogP contribution in [0.25, 0.3) is 16.6 Å². The van der Waals surface area contributed by atoms with E-state index in [0.717, 1.165) is 47.8 Å². The molecule has 1 aliphatic heterocycles. The molecule has 0 bridgehead atoms. The van der Waals surface area contributed by atoms with E-state index in [2.05, 4.69) is 39.4 Å². The van der Waals surface area contributed by atoms with Gasteiger partial charge in [-0.25, -0.2) is 4.98 Å². The number of rotatable bonds is 2. The van der Waals surface area contributed by atoms with Crippen LogP contribution in [0.1, 0.15) is 25.5 Å². The highest BCUT2D eigenvalue weighted by atomic mass is 16.5. The molecule has 1 aliphatic rings. The predicted molar refractivity (Wildman–Crippen MR) is 88.3 cm³/mol. The highest BCUT2D eigenvalue weighted by molar-refractivity contribution is 5.91. The van der Waals surface area contributed by atoms with Gasteiger partial charge < -0.3 is 4.74 Å². The van der Waals surface area contributed by atoms with Gasteiger partial charge in [0.1, 0.15) is 5.82 Å². The summed E-state index contributed by atoms with van der Waals surface area (Å²) >= 11 is 0. The van der Waals surface area contributed by atoms with E-state index in [9.17, 15) is 0 Å². The molecule has 3 heterocycles. The van der Waals surface area contributed by atoms with E-state index in [1.54, 1.807) is 0 Å². The molecule has 4 rings (SSSR count). The van der Waals surface area contributed by atoms with Gasteiger partial charge in [-0.2, -0.15) is 0 Å². The molecule has 2 aromatic heterocycles. The lowest BCUT2D eigenvalue weighted by Gasteiger charge is -2.34. The van der Waals surface area contributed by atoms with Crippen LogP contribution in [0, 0.1) is 6.92 Å². The standard InChI is InChI=1S/C17H21N5O/c1-11-8-21(9-12(2)23-11)10-16-19-20-17-14-6-4-5-7-15(14)18-13(3)22(16)17/h4-7,11-12H,8-10H2,1-3H3/t11-,12-/m0/s1. The van der Waals surface area contributed by atoms with Crippen LogP contribution in [0.3, 0.4) is 0 Å². The zero-order valence-electron chi connectivity index (χ0n) is 13.7. The largest absolute Gasteiger partial charge is 0.373 e. The summed E-state index contributed by atoms with van der Waals surface area (Å²) in [6.45, 7) is 8.84. The van der Waals surface area contributed by atoms with Crippen molar-refractivity contribution in [3.63, 3.8) is 0 Å². The lowest BCUT2D eigenvalue weighted by atomic mass is 10.2. The van der Waals surface area contributed by atoms with Crippen LogP contribution in [0.5, 0.6) is 0 Å². The average molecular weight is 311 g/mol. The summed E-state index contributed by atoms with van der Waals surface area (Å²) in [7, 11) is 0. The third kappa shape index (κ3) is 2.58. The number of aryl methyl sites for hydroxylation is 1. The SMILES string of the molecule is Cc1nc2ccccc2c2nnc(CN3C[C@H](C)O[C@@H](C)C3)n12. The van der Waals surface area contributed by atoms with Crippen molar-refractivity contribution in [1.82, 2.24) is 24.5 Å². The number of ether oxygens (including phenoxy) is 1. The predicted octanol–water partition coefficient (Wildman–Crippen LogP) is 2.20. The molecule has 2 atom stereocenters. The van der Waals surface area contributed by atoms with Crippen LogP contribution < -0.4 is 0 Å². The van der Waals surface area contributed by atoms with Gasteiger partial charge in [-0.3, -0.25) is 9.30 Å². The van der Waals surface area contributed by atoms with Crippen LogP contribution in [-0.4, -0.2) is 49.8 Å². The van der Waals surface area contributed by atoms with Crippen molar-refractivity contribution < 1.29 is 4.74 Å². The summed E-state index contributed by atoms with van der Waals surface area (Å²) in [6.07, 6.45) is 0.496. The fourth-order valence-electron chi connectivity index (χ4n) is 3.53. The summed E-state index contributed by atoms with van der Waals surface area (Å²) in [5, 5.41) is 9.91. The van der Waals surface area contributed by atoms with Gasteiger partial charge >= 0.3 is 0 Å². The normalized spacial score (nSPS) is 22.9. The van der Waals surface area contributed by atoms with Gasteiger partial charge in [0, 0.05) is 18.5 Å². The third-order valence-corrected chi connectivity index (χ3v) is 4.34. The van der Waals surface area contributed by atoms with Crippen molar-refractivity contribution in [2.24, 2.45) is 0 Å². The molecule has 1 saturated heterocycles. The topological polar surface area (TPSA) is 55.5 Å². The zero-order chi connectivity index (χ0) is 16.0. The second-order valence-electron chi connectivity index (χ2n) is 6.40. The van der Waals surface area contributed by atoms with Gasteiger partial charge in [0.2, 0.25) is 0 Å². The lowest BCUT2D eigenvalue weighted by Crippen LogP contribution is -2.45. The number of benzene rings is 1. The number of para-hydroxylation sites is 1. The monoisotopic (exact) mass is 311 g/mol. The maximum Gasteiger partial charge on any atom is 0.171 e. The molecule has 0 amide bonds. The molecule has 3 aromatic rings. The second-order valence-corrected chi connectivity index (χ2v) is 6.40. The fourth-order valence-corrected chi connectivity index (χ4v) is 3.53. The van der Waals surface area contributed by atoms with Crippen molar-refractivity contribution in [1.29, 1.82) is 0 Å². The highest BCUT2D eigenvalue weighted by Crippen LogP contribution is 2.20. The van der Waals surface area contributed by atoms with E-state index in [4.69, 9.17) is 9.72 Å². The first-order valence-corrected chi connectivity index (χ1v) is 8.09. The van der Waals surface area contributed by atoms with E-state index in [1.807, 2.05) is 25.1 Å². The summed E-state index contributed by atoms with van der Waals surface area (Å²) in [5.74, 6) is 1.87. The molecular formula is C17H21N5O. The minimum Gasteiger partial charge on any atom is -0.373 e. The Hall–Kier alpha value is -2.05. The molecule has 0 saturated carbocycles. The molecule has 0 spiro atoms. The smallest absolute Gasteiger partial charge is 0.171 e. The number of morpholine rings is 1. The Kier molecular flexibility index (Phi) is 3.50. The summed E-state index contributed by atoms with van der Waals surface area (Å²) in [5.41, 5.74) is 1.85. The Morgan fingerprint density at radius 3 is 2.65 bits per heavy atom. The number of fused-ring (bicyclic) bond motifs is 3. The molecule has 0 aliphatic carbocycles. The Labute approximate surface area is 135 Å². The van der Waals surface area contributed by atoms with Crippen LogP contribution >= 0.6 is 0 Å². The van der Waals surface area contributed by atoms with Gasteiger partial charge in [-0.05, 0) is 32.9 Å². The Bertz CT molecular complexity index is 849. The van der Waals surface area contributed by atoms with Gasteiger partial charge in [-0.1, -0.05) is 12.1 Å². The molecule has 1 aromatic carbocycles. The quantitative estimate of drug-likeness (QED) is 0.726. The first kappa shape index (κ1) is 14.5. The van der Waals surface area contributed by atoms with Gasteiger partial charge in [0.15, 0.2) is 11.5 Å². The number of nitrogens with zero attached hydrogens (tertiary/aromatic N) is 5. The third-order valence-electron chi connectivity index (χ3n) is 4.34. The van der Waals surface area contributed by atoms with Crippen molar-refractivity contribution in [2.75, 3.05) is 13.1 Å². The number of hydrogen-bond acceptors (Lipinski definition) is 5. The zero-order valence-corrected chi connectivity index (χ0v) is 13.7. The van der Waals surface area contributed by atoms with Gasteiger partial charge in [-0.15, -0.1) is 10.2 Å². The van der Waals surface area contributed by atoms with E-state index < -0.39 is 0 Å². The van der Waals surface area contributed by atoms with E-state index >= 15 is 0 Å². The molecule has 120 valence electrons. The summed E-state index contributed by atoms with van der Waals surface area (Å²) in [6, 6.07) is 8.08. The number of hydrogen-bond donors (Lipinski definition) is 0. The number of aromatic nitrogens is 4. The summed E-state index contributed by atoms with van der Waals surface area (Å²) < 4.78 is 7.88. The Morgan fingerprint density at radius 2 is 1.87 bits per heavy atom. The van der Waals surface area contributed by atoms with Crippen molar-refractivity contribution in [3.8, 4) is 0 Å². The molecule has 0 radical (unpaired) electrons. The highest BCUT2D eigenvalue weighted by Gasteiger charge is 2.24. The average Bonchev–Trinajstić information content (AvgIpc) is 2.91. The summed E-state index contributed by atoms with van der Waals surface area (Å²) in [4.78, 5) is 7.08. The Balaban J connectivity index is 1.75. The van der Waals surface area contributed by atoms with Gasteiger partial charge in [0.25, 0.3) is 0 Å². The minimum absolute atomic E-state index is 0.248. The van der Waals surface area contributed by atoms with E-state index in [1.165, 1.54) is 0 Å². The van der Waals surface area contributed by atoms with Crippen LogP contribution in [0.15, 0.2) is 24.3 Å². The molecule has 6 heteroatoms. The maximum absolute atomic E-state index is 5.81. The first-order chi connectivity index (χ1) is 11.1. The first-order valence-electron chi connectivity index (χ1n) is 8.09. The molecule has 0 unspecified atom stereocenters. The van der Waals surface area contributed by atoms with Gasteiger partial charge in [0.05, 0.1) is 24.3 Å².